The number of hydrogen-bond acceptors (Lipinski definition) is 2. The fourth-order valence-electron chi connectivity index (χ4n) is 1.48. The number of aryl methyl sites for hydroxylation is 1. The Bertz CT molecular complexity index is 281. The average Bonchev–Trinajstić information content (AvgIpc) is 2.58. The van der Waals surface area contributed by atoms with E-state index in [2.05, 4.69) is 17.6 Å². The minimum absolute atomic E-state index is 0.187. The Kier molecular flexibility index (Phi) is 4.85. The first kappa shape index (κ1) is 12.3. The summed E-state index contributed by atoms with van der Waals surface area (Å²) >= 11 is 0. The van der Waals surface area contributed by atoms with E-state index in [4.69, 9.17) is 0 Å². The van der Waals surface area contributed by atoms with E-state index < -0.39 is 0 Å². The van der Waals surface area contributed by atoms with Crippen LogP contribution in [0.3, 0.4) is 0 Å². The van der Waals surface area contributed by atoms with Crippen molar-refractivity contribution in [1.82, 2.24) is 9.88 Å². The van der Waals surface area contributed by atoms with Gasteiger partial charge in [-0.25, -0.2) is 0 Å². The van der Waals surface area contributed by atoms with Gasteiger partial charge in [-0.1, -0.05) is 13.8 Å². The molecule has 1 unspecified atom stereocenters. The molecule has 0 aliphatic rings. The molecule has 0 bridgehead atoms. The first-order valence-electron chi connectivity index (χ1n) is 5.59. The smallest absolute Gasteiger partial charge is 0.0575 e. The topological polar surface area (TPSA) is 37.2 Å². The van der Waals surface area contributed by atoms with E-state index in [1.165, 1.54) is 5.56 Å². The normalized spacial score (nSPS) is 13.4. The van der Waals surface area contributed by atoms with Gasteiger partial charge >= 0.3 is 0 Å². The van der Waals surface area contributed by atoms with Gasteiger partial charge in [0.2, 0.25) is 0 Å². The van der Waals surface area contributed by atoms with E-state index in [0.717, 1.165) is 19.5 Å². The highest BCUT2D eigenvalue weighted by Gasteiger charge is 2.07. The Hall–Kier alpha value is -0.800. The summed E-state index contributed by atoms with van der Waals surface area (Å²) in [5.74, 6) is 0.350. The summed E-state index contributed by atoms with van der Waals surface area (Å²) in [5.41, 5.74) is 1.29. The van der Waals surface area contributed by atoms with Crippen LogP contribution in [-0.4, -0.2) is 22.3 Å². The van der Waals surface area contributed by atoms with Crippen molar-refractivity contribution in [2.45, 2.75) is 32.9 Å². The molecule has 0 aliphatic heterocycles. The fraction of sp³-hybridized carbons (Fsp3) is 0.667. The van der Waals surface area contributed by atoms with Crippen molar-refractivity contribution in [3.8, 4) is 0 Å². The summed E-state index contributed by atoms with van der Waals surface area (Å²) in [7, 11) is 2.02. The summed E-state index contributed by atoms with van der Waals surface area (Å²) in [4.78, 5) is 0. The Morgan fingerprint density at radius 1 is 1.47 bits per heavy atom. The molecule has 0 spiro atoms. The Morgan fingerprint density at radius 2 is 2.20 bits per heavy atom. The quantitative estimate of drug-likeness (QED) is 0.699. The zero-order chi connectivity index (χ0) is 11.3. The van der Waals surface area contributed by atoms with Crippen molar-refractivity contribution in [2.75, 3.05) is 6.54 Å². The molecule has 0 saturated carbocycles. The minimum atomic E-state index is -0.187. The van der Waals surface area contributed by atoms with Crippen molar-refractivity contribution in [3.63, 3.8) is 0 Å². The van der Waals surface area contributed by atoms with Crippen LogP contribution >= 0.6 is 0 Å². The molecule has 1 aromatic rings. The average molecular weight is 210 g/mol. The summed E-state index contributed by atoms with van der Waals surface area (Å²) in [6.07, 6.45) is 4.78. The molecule has 1 rings (SSSR count). The molecule has 3 heteroatoms. The molecule has 15 heavy (non-hydrogen) atoms. The van der Waals surface area contributed by atoms with Crippen LogP contribution in [0.25, 0.3) is 0 Å². The minimum Gasteiger partial charge on any atom is -0.393 e. The number of aliphatic hydroxyl groups excluding tert-OH is 1. The van der Waals surface area contributed by atoms with Crippen molar-refractivity contribution in [2.24, 2.45) is 13.0 Å². The van der Waals surface area contributed by atoms with E-state index in [-0.39, 0.29) is 6.10 Å². The summed E-state index contributed by atoms with van der Waals surface area (Å²) < 4.78 is 2.04. The van der Waals surface area contributed by atoms with E-state index >= 15 is 0 Å². The Morgan fingerprint density at radius 3 is 2.73 bits per heavy atom. The summed E-state index contributed by atoms with van der Waals surface area (Å²) in [6, 6.07) is 2.10. The number of aliphatic hydroxyl groups is 1. The van der Waals surface area contributed by atoms with Gasteiger partial charge < -0.3 is 15.0 Å². The molecule has 86 valence electrons. The third-order valence-electron chi connectivity index (χ3n) is 2.61. The molecular formula is C12H22N2O. The number of hydrogen-bond donors (Lipinski definition) is 2. The largest absolute Gasteiger partial charge is 0.393 e. The molecule has 2 N–H and O–H groups in total. The Balaban J connectivity index is 2.12. The maximum Gasteiger partial charge on any atom is 0.0575 e. The molecular weight excluding hydrogens is 188 g/mol. The lowest BCUT2D eigenvalue weighted by Gasteiger charge is -2.14. The second-order valence-electron chi connectivity index (χ2n) is 4.46. The lowest BCUT2D eigenvalue weighted by atomic mass is 10.0. The summed E-state index contributed by atoms with van der Waals surface area (Å²) in [6.45, 7) is 5.84. The van der Waals surface area contributed by atoms with Gasteiger partial charge in [-0.2, -0.15) is 0 Å². The van der Waals surface area contributed by atoms with Gasteiger partial charge in [0.15, 0.2) is 0 Å². The second kappa shape index (κ2) is 5.93. The zero-order valence-electron chi connectivity index (χ0n) is 9.90. The third-order valence-corrected chi connectivity index (χ3v) is 2.61. The van der Waals surface area contributed by atoms with Gasteiger partial charge in [-0.05, 0) is 30.5 Å². The molecule has 1 aromatic heterocycles. The van der Waals surface area contributed by atoms with Crippen LogP contribution in [0.15, 0.2) is 18.5 Å². The highest BCUT2D eigenvalue weighted by atomic mass is 16.3. The Labute approximate surface area is 92.1 Å². The lowest BCUT2D eigenvalue weighted by molar-refractivity contribution is 0.116. The molecule has 0 aliphatic carbocycles. The fourth-order valence-corrected chi connectivity index (χ4v) is 1.48. The number of rotatable bonds is 6. The number of aromatic nitrogens is 1. The van der Waals surface area contributed by atoms with Crippen molar-refractivity contribution in [1.29, 1.82) is 0 Å². The lowest BCUT2D eigenvalue weighted by Crippen LogP contribution is -2.23. The number of nitrogens with one attached hydrogen (secondary N) is 1. The van der Waals surface area contributed by atoms with Gasteiger partial charge in [0.25, 0.3) is 0 Å². The van der Waals surface area contributed by atoms with E-state index in [1.807, 2.05) is 31.7 Å². The van der Waals surface area contributed by atoms with Gasteiger partial charge in [0.1, 0.15) is 0 Å². The number of nitrogens with zero attached hydrogens (tertiary/aromatic N) is 1. The first-order chi connectivity index (χ1) is 7.09. The standard InChI is InChI=1S/C12H22N2O/c1-10(2)12(15)4-6-13-8-11-5-7-14(3)9-11/h5,7,9-10,12-13,15H,4,6,8H2,1-3H3. The molecule has 1 atom stereocenters. The highest BCUT2D eigenvalue weighted by Crippen LogP contribution is 2.04. The first-order valence-corrected chi connectivity index (χ1v) is 5.59. The van der Waals surface area contributed by atoms with Gasteiger partial charge in [0, 0.05) is 26.0 Å². The zero-order valence-corrected chi connectivity index (χ0v) is 9.90. The summed E-state index contributed by atoms with van der Waals surface area (Å²) in [5, 5.41) is 12.9. The van der Waals surface area contributed by atoms with Crippen LogP contribution in [0.2, 0.25) is 0 Å². The SMILES string of the molecule is CC(C)C(O)CCNCc1ccn(C)c1. The maximum absolute atomic E-state index is 9.58. The maximum atomic E-state index is 9.58. The van der Waals surface area contributed by atoms with Crippen LogP contribution in [0.4, 0.5) is 0 Å². The predicted octanol–water partition coefficient (Wildman–Crippen LogP) is 1.52. The molecule has 0 amide bonds. The van der Waals surface area contributed by atoms with E-state index in [1.54, 1.807) is 0 Å². The van der Waals surface area contributed by atoms with Gasteiger partial charge in [-0.15, -0.1) is 0 Å². The molecule has 3 nitrogen and oxygen atoms in total. The van der Waals surface area contributed by atoms with E-state index in [0.29, 0.717) is 5.92 Å². The monoisotopic (exact) mass is 210 g/mol. The van der Waals surface area contributed by atoms with Crippen LogP contribution in [0.1, 0.15) is 25.8 Å². The van der Waals surface area contributed by atoms with E-state index in [9.17, 15) is 5.11 Å². The molecule has 1 heterocycles. The predicted molar refractivity (Wildman–Crippen MR) is 62.6 cm³/mol. The molecule has 0 aromatic carbocycles. The second-order valence-corrected chi connectivity index (χ2v) is 4.46. The third kappa shape index (κ3) is 4.49. The van der Waals surface area contributed by atoms with Crippen molar-refractivity contribution < 1.29 is 5.11 Å². The van der Waals surface area contributed by atoms with Crippen LogP contribution < -0.4 is 5.32 Å². The van der Waals surface area contributed by atoms with Gasteiger partial charge in [0.05, 0.1) is 6.10 Å². The van der Waals surface area contributed by atoms with Gasteiger partial charge in [-0.3, -0.25) is 0 Å². The van der Waals surface area contributed by atoms with Crippen molar-refractivity contribution >= 4 is 0 Å². The van der Waals surface area contributed by atoms with Crippen molar-refractivity contribution in [3.05, 3.63) is 24.0 Å². The van der Waals surface area contributed by atoms with Crippen LogP contribution in [0.5, 0.6) is 0 Å². The molecule has 0 fully saturated rings. The molecule has 0 saturated heterocycles. The highest BCUT2D eigenvalue weighted by molar-refractivity contribution is 5.09. The van der Waals surface area contributed by atoms with Crippen LogP contribution in [-0.2, 0) is 13.6 Å². The molecule has 0 radical (unpaired) electrons. The van der Waals surface area contributed by atoms with Crippen LogP contribution in [0, 0.1) is 5.92 Å².